The Kier molecular flexibility index (Phi) is 9.45. The molecule has 0 aliphatic rings. The molecule has 0 aliphatic carbocycles. The number of hydrogen-bond acceptors (Lipinski definition) is 5. The summed E-state index contributed by atoms with van der Waals surface area (Å²) in [4.78, 5) is 24.7. The van der Waals surface area contributed by atoms with Crippen LogP contribution in [0.2, 0.25) is 0 Å². The molecule has 7 nitrogen and oxygen atoms in total. The fraction of sp³-hybridized carbons (Fsp3) is 0.136. The van der Waals surface area contributed by atoms with Crippen LogP contribution >= 0.6 is 0 Å². The first kappa shape index (κ1) is 29.4. The molecule has 0 spiro atoms. The van der Waals surface area contributed by atoms with Gasteiger partial charge in [-0.25, -0.2) is 0 Å². The summed E-state index contributed by atoms with van der Waals surface area (Å²) in [7, 11) is 1.03. The van der Waals surface area contributed by atoms with Crippen molar-refractivity contribution in [2.24, 2.45) is 5.73 Å². The number of allylic oxidation sites excluding steroid dienone is 2. The molecule has 0 heterocycles. The monoisotopic (exact) mass is 577 g/mol. The first-order valence-electron chi connectivity index (χ1n) is 9.48. The molecule has 2 aromatic carbocycles. The van der Waals surface area contributed by atoms with E-state index in [0.717, 1.165) is 42.5 Å². The number of alkyl halides is 6. The van der Waals surface area contributed by atoms with Gasteiger partial charge in [0, 0.05) is 0 Å². The Morgan fingerprint density at radius 1 is 1.05 bits per heavy atom. The van der Waals surface area contributed by atoms with E-state index in [0.29, 0.717) is 12.1 Å². The first-order valence-corrected chi connectivity index (χ1v) is 10.0. The topological polar surface area (TPSA) is 99.9 Å². The van der Waals surface area contributed by atoms with Crippen LogP contribution in [0.15, 0.2) is 48.2 Å². The molecule has 0 bridgehead atoms. The number of rotatable bonds is 9. The zero-order valence-electron chi connectivity index (χ0n) is 18.2. The molecule has 0 atom stereocenters. The number of benzene rings is 2. The number of nitrogens with two attached hydrogens (primary N) is 1. The van der Waals surface area contributed by atoms with Gasteiger partial charge in [-0.15, -0.1) is 13.2 Å². The standard InChI is InChI=1S/C22H14F7N2O5.Ni/c1-3-11(4-9-17(30)32)31-20(33)18-15(8-6-13(19(18)23)21(24,25)26)35-14-7-5-12(10-16(14)34-2)36-22(27,28)29;/h1,3-8,10H,2H3,(H2,30,32)(H,31,33);/q-1;/b11-3+;. The second-order valence-electron chi connectivity index (χ2n) is 6.59. The van der Waals surface area contributed by atoms with E-state index >= 15 is 0 Å². The third-order valence-electron chi connectivity index (χ3n) is 4.08. The van der Waals surface area contributed by atoms with Gasteiger partial charge in [-0.2, -0.15) is 0 Å². The molecule has 0 saturated heterocycles. The minimum atomic E-state index is -5.21. The number of primary amides is 1. The van der Waals surface area contributed by atoms with Gasteiger partial charge in [-0.1, -0.05) is 0 Å². The quantitative estimate of drug-likeness (QED) is 0.152. The van der Waals surface area contributed by atoms with Crippen molar-refractivity contribution in [3.05, 3.63) is 71.2 Å². The Hall–Kier alpha value is -3.87. The minimum absolute atomic E-state index is 0.288. The van der Waals surface area contributed by atoms with E-state index in [2.05, 4.69) is 19.8 Å². The number of halogens is 7. The third-order valence-corrected chi connectivity index (χ3v) is 4.25. The number of carbonyl (C=O) groups excluding carboxylic acids is 2. The maximum atomic E-state index is 15.0. The second-order valence-corrected chi connectivity index (χ2v) is 6.92. The van der Waals surface area contributed by atoms with Crippen molar-refractivity contribution in [1.82, 2.24) is 5.32 Å². The van der Waals surface area contributed by atoms with Crippen LogP contribution in [0.4, 0.5) is 30.7 Å². The Balaban J connectivity index is 2.58. The summed E-state index contributed by atoms with van der Waals surface area (Å²) >= 11 is 4.29. The van der Waals surface area contributed by atoms with Crippen LogP contribution in [0.3, 0.4) is 0 Å². The number of ether oxygens (including phenoxy) is 3. The first-order chi connectivity index (χ1) is 17.2. The molecule has 15 heteroatoms. The fourth-order valence-corrected chi connectivity index (χ4v) is 2.82. The zero-order chi connectivity index (χ0) is 28.0. The van der Waals surface area contributed by atoms with Crippen LogP contribution < -0.4 is 25.3 Å². The van der Waals surface area contributed by atoms with Crippen molar-refractivity contribution >= 4 is 16.8 Å². The average molecular weight is 578 g/mol. The summed E-state index contributed by atoms with van der Waals surface area (Å²) in [6.07, 6.45) is -6.38. The van der Waals surface area contributed by atoms with Gasteiger partial charge in [0.25, 0.3) is 0 Å². The Bertz CT molecular complexity index is 1260. The number of carbonyl (C=O) groups is 2. The van der Waals surface area contributed by atoms with Gasteiger partial charge >= 0.3 is 193 Å². The molecule has 0 aromatic heterocycles. The summed E-state index contributed by atoms with van der Waals surface area (Å²) in [6, 6.07) is 3.34. The van der Waals surface area contributed by atoms with E-state index in [-0.39, 0.29) is 5.70 Å². The molecule has 0 unspecified atom stereocenters. The van der Waals surface area contributed by atoms with Crippen LogP contribution in [-0.4, -0.2) is 30.3 Å². The normalized spacial score (nSPS) is 12.3. The molecule has 0 saturated carbocycles. The third kappa shape index (κ3) is 8.34. The molecule has 2 rings (SSSR count). The van der Waals surface area contributed by atoms with Crippen molar-refractivity contribution in [3.8, 4) is 23.0 Å². The Morgan fingerprint density at radius 2 is 1.70 bits per heavy atom. The average Bonchev–Trinajstić information content (AvgIpc) is 2.76. The van der Waals surface area contributed by atoms with Crippen LogP contribution in [0.25, 0.3) is 0 Å². The molecule has 202 valence electrons. The molecular formula is C22H14F7N2NiO5-. The molecule has 3 N–H and O–H groups in total. The maximum absolute atomic E-state index is 15.0. The number of hydrogen-bond donors (Lipinski definition) is 2. The van der Waals surface area contributed by atoms with Crippen LogP contribution in [0.1, 0.15) is 15.9 Å². The molecule has 0 aliphatic heterocycles. The molecule has 37 heavy (non-hydrogen) atoms. The van der Waals surface area contributed by atoms with Gasteiger partial charge in [0.15, 0.2) is 0 Å². The molecule has 2 aromatic rings. The van der Waals surface area contributed by atoms with Gasteiger partial charge < -0.3 is 4.74 Å². The summed E-state index contributed by atoms with van der Waals surface area (Å²) in [5.41, 5.74) is 1.57. The van der Waals surface area contributed by atoms with Crippen LogP contribution in [-0.2, 0) is 26.0 Å². The molecule has 0 fully saturated rings. The number of methoxy groups -OCH3 is 1. The number of amides is 2. The predicted molar refractivity (Wildman–Crippen MR) is 110 cm³/mol. The van der Waals surface area contributed by atoms with Crippen molar-refractivity contribution in [2.45, 2.75) is 12.5 Å². The van der Waals surface area contributed by atoms with E-state index < -0.39 is 64.3 Å². The van der Waals surface area contributed by atoms with Crippen molar-refractivity contribution in [3.63, 3.8) is 0 Å². The summed E-state index contributed by atoms with van der Waals surface area (Å²) in [5.74, 6) is -6.83. The zero-order valence-corrected chi connectivity index (χ0v) is 19.2. The van der Waals surface area contributed by atoms with E-state index in [9.17, 15) is 40.3 Å². The summed E-state index contributed by atoms with van der Waals surface area (Å²) in [6.45, 7) is 0. The predicted octanol–water partition coefficient (Wildman–Crippen LogP) is 4.35. The van der Waals surface area contributed by atoms with Crippen LogP contribution in [0.5, 0.6) is 23.0 Å². The fourth-order valence-electron chi connectivity index (χ4n) is 2.65. The van der Waals surface area contributed by atoms with E-state index in [1.165, 1.54) is 0 Å². The second kappa shape index (κ2) is 11.9. The molecule has 0 radical (unpaired) electrons. The summed E-state index contributed by atoms with van der Waals surface area (Å²) < 4.78 is 106. The van der Waals surface area contributed by atoms with E-state index in [1.807, 2.05) is 11.4 Å². The summed E-state index contributed by atoms with van der Waals surface area (Å²) in [5, 5.41) is 2.04. The Labute approximate surface area is 211 Å². The van der Waals surface area contributed by atoms with E-state index in [4.69, 9.17) is 15.2 Å². The SMILES string of the molecule is COc1cc(OC(F)(F)F)ccc1Oc1ccc(C(F)(F)F)c(F)c1C(=O)N/C(C=[C-]C(N)=O)=C/[CH]=[Ni]. The van der Waals surface area contributed by atoms with Crippen LogP contribution in [0, 0.1) is 11.9 Å². The molecular weight excluding hydrogens is 564 g/mol. The number of nitrogens with one attached hydrogen (secondary N) is 1. The van der Waals surface area contributed by atoms with E-state index in [1.54, 1.807) is 0 Å². The van der Waals surface area contributed by atoms with Gasteiger partial charge in [0.1, 0.15) is 0 Å². The van der Waals surface area contributed by atoms with Gasteiger partial charge in [-0.05, 0) is 0 Å². The van der Waals surface area contributed by atoms with Crippen molar-refractivity contribution < 1.29 is 69.6 Å². The van der Waals surface area contributed by atoms with Gasteiger partial charge in [0.2, 0.25) is 0 Å². The van der Waals surface area contributed by atoms with Gasteiger partial charge in [0.05, 0.1) is 0 Å². The Morgan fingerprint density at radius 3 is 2.24 bits per heavy atom. The van der Waals surface area contributed by atoms with Crippen molar-refractivity contribution in [1.29, 1.82) is 0 Å². The molecule has 2 amide bonds. The van der Waals surface area contributed by atoms with Gasteiger partial charge in [-0.3, -0.25) is 0 Å². The van der Waals surface area contributed by atoms with Crippen molar-refractivity contribution in [2.75, 3.05) is 7.11 Å².